The molecule has 7 heteroatoms. The van der Waals surface area contributed by atoms with E-state index in [0.29, 0.717) is 13.2 Å². The maximum absolute atomic E-state index is 13.8. The van der Waals surface area contributed by atoms with E-state index in [-0.39, 0.29) is 10.9 Å². The van der Waals surface area contributed by atoms with Gasteiger partial charge in [0.2, 0.25) is 0 Å². The van der Waals surface area contributed by atoms with Gasteiger partial charge in [0.1, 0.15) is 0 Å². The van der Waals surface area contributed by atoms with Crippen molar-refractivity contribution in [3.8, 4) is 0 Å². The summed E-state index contributed by atoms with van der Waals surface area (Å²) in [5.74, 6) is -1.47. The fourth-order valence-corrected chi connectivity index (χ4v) is 6.59. The fourth-order valence-electron chi connectivity index (χ4n) is 5.38. The van der Waals surface area contributed by atoms with Crippen LogP contribution in [0, 0.1) is 13.8 Å². The molecule has 2 atom stereocenters. The summed E-state index contributed by atoms with van der Waals surface area (Å²) >= 11 is 0. The van der Waals surface area contributed by atoms with Gasteiger partial charge >= 0.3 is 5.97 Å². The van der Waals surface area contributed by atoms with Gasteiger partial charge in [-0.2, -0.15) is 0 Å². The third-order valence-corrected chi connectivity index (χ3v) is 14.1. The summed E-state index contributed by atoms with van der Waals surface area (Å²) < 4.78 is 12.5. The van der Waals surface area contributed by atoms with Crippen LogP contribution in [0.25, 0.3) is 10.8 Å². The van der Waals surface area contributed by atoms with Crippen molar-refractivity contribution in [1.29, 1.82) is 0 Å². The summed E-state index contributed by atoms with van der Waals surface area (Å²) in [4.78, 5) is 28.0. The Hall–Kier alpha value is -3.00. The highest BCUT2D eigenvalue weighted by molar-refractivity contribution is 6.74. The van der Waals surface area contributed by atoms with E-state index in [9.17, 15) is 14.7 Å². The second kappa shape index (κ2) is 17.2. The van der Waals surface area contributed by atoms with Crippen LogP contribution in [0.5, 0.6) is 0 Å². The number of amides is 1. The second-order valence-corrected chi connectivity index (χ2v) is 19.2. The van der Waals surface area contributed by atoms with Crippen molar-refractivity contribution in [1.82, 2.24) is 4.90 Å². The van der Waals surface area contributed by atoms with Gasteiger partial charge in [0.15, 0.2) is 20.5 Å². The molecule has 0 radical (unpaired) electrons. The van der Waals surface area contributed by atoms with E-state index in [0.717, 1.165) is 51.4 Å². The summed E-state index contributed by atoms with van der Waals surface area (Å²) in [6.45, 7) is 15.3. The minimum Gasteiger partial charge on any atom is -0.479 e. The van der Waals surface area contributed by atoms with Gasteiger partial charge in [-0.15, -0.1) is 0 Å². The highest BCUT2D eigenvalue weighted by Crippen LogP contribution is 2.38. The predicted molar refractivity (Wildman–Crippen MR) is 192 cm³/mol. The molecule has 3 aromatic rings. The standard InChI is InChI=1S/C39H57NO5Si/c1-29-21-22-31(27-30(29)2)17-12-10-16-26-44-35(36(38(42)43)45-46(7,8)39(3,4)5)37(41)40(6)25-15-9-11-18-32-23-24-33-19-13-14-20-34(33)28-32/h13-14,19-24,27-28,35-36H,9-12,15-18,25-26H2,1-8H3,(H,42,43)/t35-,36-/m1/s1. The number of fused-ring (bicyclic) bond motifs is 1. The lowest BCUT2D eigenvalue weighted by Crippen LogP contribution is -2.55. The minimum atomic E-state index is -2.50. The number of hydrogen-bond acceptors (Lipinski definition) is 4. The molecule has 3 rings (SSSR count). The first kappa shape index (κ1) is 37.5. The van der Waals surface area contributed by atoms with Crippen LogP contribution < -0.4 is 0 Å². The van der Waals surface area contributed by atoms with Crippen LogP contribution in [0.15, 0.2) is 60.7 Å². The van der Waals surface area contributed by atoms with Crippen molar-refractivity contribution < 1.29 is 23.9 Å². The molecule has 6 nitrogen and oxygen atoms in total. The molecule has 0 heterocycles. The molecule has 0 spiro atoms. The molecule has 0 saturated carbocycles. The first-order valence-electron chi connectivity index (χ1n) is 17.0. The molecule has 0 fully saturated rings. The molecule has 1 amide bonds. The number of carbonyl (C=O) groups excluding carboxylic acids is 1. The monoisotopic (exact) mass is 647 g/mol. The quantitative estimate of drug-likeness (QED) is 0.110. The van der Waals surface area contributed by atoms with Crippen LogP contribution >= 0.6 is 0 Å². The van der Waals surface area contributed by atoms with E-state index in [4.69, 9.17) is 9.16 Å². The van der Waals surface area contributed by atoms with Crippen LogP contribution in [0.3, 0.4) is 0 Å². The average molecular weight is 648 g/mol. The number of nitrogens with zero attached hydrogens (tertiary/aromatic N) is 1. The van der Waals surface area contributed by atoms with Gasteiger partial charge < -0.3 is 19.2 Å². The lowest BCUT2D eigenvalue weighted by molar-refractivity contribution is -0.165. The van der Waals surface area contributed by atoms with Crippen LogP contribution in [-0.2, 0) is 31.6 Å². The van der Waals surface area contributed by atoms with Crippen molar-refractivity contribution in [2.45, 2.75) is 116 Å². The summed E-state index contributed by atoms with van der Waals surface area (Å²) in [7, 11) is -0.751. The summed E-state index contributed by atoms with van der Waals surface area (Å²) in [5, 5.41) is 12.6. The van der Waals surface area contributed by atoms with Crippen LogP contribution in [0.4, 0.5) is 0 Å². The van der Waals surface area contributed by atoms with Crippen LogP contribution in [-0.4, -0.2) is 62.6 Å². The largest absolute Gasteiger partial charge is 0.479 e. The number of rotatable bonds is 18. The van der Waals surface area contributed by atoms with Crippen LogP contribution in [0.2, 0.25) is 18.1 Å². The van der Waals surface area contributed by atoms with Gasteiger partial charge in [0.25, 0.3) is 5.91 Å². The van der Waals surface area contributed by atoms with Gasteiger partial charge in [-0.3, -0.25) is 4.79 Å². The predicted octanol–water partition coefficient (Wildman–Crippen LogP) is 8.90. The molecule has 0 bridgehead atoms. The Kier molecular flexibility index (Phi) is 14.0. The molecule has 0 unspecified atom stereocenters. The summed E-state index contributed by atoms with van der Waals surface area (Å²) in [6.07, 6.45) is 4.95. The molecular formula is C39H57NO5Si. The number of carboxylic acid groups (broad SMARTS) is 1. The smallest absolute Gasteiger partial charge is 0.334 e. The average Bonchev–Trinajstić information content (AvgIpc) is 3.00. The van der Waals surface area contributed by atoms with E-state index < -0.39 is 26.5 Å². The van der Waals surface area contributed by atoms with Gasteiger partial charge in [-0.1, -0.05) is 94.3 Å². The van der Waals surface area contributed by atoms with E-state index in [2.05, 4.69) is 95.3 Å². The molecule has 0 aliphatic heterocycles. The molecule has 0 aliphatic carbocycles. The van der Waals surface area contributed by atoms with Crippen molar-refractivity contribution >= 4 is 31.0 Å². The highest BCUT2D eigenvalue weighted by Gasteiger charge is 2.46. The van der Waals surface area contributed by atoms with E-state index in [1.54, 1.807) is 11.9 Å². The number of aryl methyl sites for hydroxylation is 4. The lowest BCUT2D eigenvalue weighted by Gasteiger charge is -2.40. The Labute approximate surface area is 278 Å². The third kappa shape index (κ3) is 11.1. The van der Waals surface area contributed by atoms with Crippen molar-refractivity contribution in [3.63, 3.8) is 0 Å². The number of hydrogen-bond donors (Lipinski definition) is 1. The fraction of sp³-hybridized carbons (Fsp3) is 0.538. The van der Waals surface area contributed by atoms with Crippen molar-refractivity contribution in [3.05, 3.63) is 82.9 Å². The highest BCUT2D eigenvalue weighted by atomic mass is 28.4. The molecule has 252 valence electrons. The Balaban J connectivity index is 1.56. The van der Waals surface area contributed by atoms with E-state index in [1.165, 1.54) is 33.0 Å². The molecule has 0 saturated heterocycles. The topological polar surface area (TPSA) is 76.1 Å². The Morgan fingerprint density at radius 1 is 0.783 bits per heavy atom. The summed E-state index contributed by atoms with van der Waals surface area (Å²) in [5.41, 5.74) is 5.24. The molecule has 0 aromatic heterocycles. The minimum absolute atomic E-state index is 0.209. The number of carboxylic acids is 1. The SMILES string of the molecule is Cc1ccc(CCCCCO[C@@H](C(=O)N(C)CCCCCc2ccc3ccccc3c2)[C@@H](O[Si](C)(C)C(C)(C)C)C(=O)O)cc1C. The molecule has 0 aliphatic rings. The lowest BCUT2D eigenvalue weighted by atomic mass is 10.0. The zero-order chi connectivity index (χ0) is 33.9. The van der Waals surface area contributed by atoms with Crippen molar-refractivity contribution in [2.75, 3.05) is 20.2 Å². The zero-order valence-electron chi connectivity index (χ0n) is 29.5. The number of carbonyl (C=O) groups is 2. The first-order valence-corrected chi connectivity index (χ1v) is 19.9. The summed E-state index contributed by atoms with van der Waals surface area (Å²) in [6, 6.07) is 21.6. The number of likely N-dealkylation sites (N-methyl/N-ethyl adjacent to an activating group) is 1. The molecule has 46 heavy (non-hydrogen) atoms. The normalized spacial score (nSPS) is 13.5. The Morgan fingerprint density at radius 3 is 2.02 bits per heavy atom. The van der Waals surface area contributed by atoms with Gasteiger partial charge in [0.05, 0.1) is 0 Å². The van der Waals surface area contributed by atoms with Crippen molar-refractivity contribution in [2.24, 2.45) is 0 Å². The number of unbranched alkanes of at least 4 members (excludes halogenated alkanes) is 4. The maximum atomic E-state index is 13.8. The first-order chi connectivity index (χ1) is 21.7. The van der Waals surface area contributed by atoms with Gasteiger partial charge in [-0.25, -0.2) is 4.79 Å². The Morgan fingerprint density at radius 2 is 1.39 bits per heavy atom. The van der Waals surface area contributed by atoms with Crippen LogP contribution in [0.1, 0.15) is 81.5 Å². The van der Waals surface area contributed by atoms with E-state index >= 15 is 0 Å². The number of benzene rings is 3. The van der Waals surface area contributed by atoms with Gasteiger partial charge in [-0.05, 0) is 104 Å². The molecular weight excluding hydrogens is 591 g/mol. The maximum Gasteiger partial charge on any atom is 0.334 e. The van der Waals surface area contributed by atoms with Gasteiger partial charge in [0, 0.05) is 20.2 Å². The Bertz CT molecular complexity index is 1430. The molecule has 3 aromatic carbocycles. The molecule has 1 N–H and O–H groups in total. The zero-order valence-corrected chi connectivity index (χ0v) is 30.5. The number of aliphatic carboxylic acids is 1. The third-order valence-electron chi connectivity index (χ3n) is 9.62. The number of ether oxygens (including phenoxy) is 1. The van der Waals surface area contributed by atoms with E-state index in [1.807, 2.05) is 13.1 Å². The second-order valence-electron chi connectivity index (χ2n) is 14.4.